The zero-order chi connectivity index (χ0) is 11.5. The fourth-order valence-electron chi connectivity index (χ4n) is 1.62. The van der Waals surface area contributed by atoms with Gasteiger partial charge in [0.25, 0.3) is 0 Å². The van der Waals surface area contributed by atoms with E-state index in [2.05, 4.69) is 31.2 Å². The van der Waals surface area contributed by atoms with Gasteiger partial charge in [0.15, 0.2) is 0 Å². The normalized spacial score (nSPS) is 20.8. The molecule has 1 aromatic heterocycles. The third-order valence-corrected chi connectivity index (χ3v) is 2.80. The number of aromatic nitrogens is 2. The molecule has 1 atom stereocenters. The second kappa shape index (κ2) is 4.75. The van der Waals surface area contributed by atoms with Gasteiger partial charge in [-0.15, -0.1) is 0 Å². The Morgan fingerprint density at radius 3 is 2.88 bits per heavy atom. The zero-order valence-electron chi connectivity index (χ0n) is 8.43. The zero-order valence-corrected chi connectivity index (χ0v) is 10.0. The van der Waals surface area contributed by atoms with E-state index in [0.717, 1.165) is 11.0 Å². The molecule has 1 aromatic rings. The summed E-state index contributed by atoms with van der Waals surface area (Å²) in [4.78, 5) is 21.0. The van der Waals surface area contributed by atoms with E-state index in [0.29, 0.717) is 19.0 Å². The third kappa shape index (κ3) is 2.30. The first-order valence-electron chi connectivity index (χ1n) is 4.86. The summed E-state index contributed by atoms with van der Waals surface area (Å²) in [7, 11) is 0. The predicted molar refractivity (Wildman–Crippen MR) is 61.4 cm³/mol. The number of aliphatic carboxylic acids is 1. The molecule has 0 bridgehead atoms. The van der Waals surface area contributed by atoms with Crippen LogP contribution in [0.4, 0.5) is 5.95 Å². The Labute approximate surface area is 101 Å². The van der Waals surface area contributed by atoms with Gasteiger partial charge in [0.05, 0.1) is 4.47 Å². The number of carbonyl (C=O) groups is 1. The average Bonchev–Trinajstić information content (AvgIpc) is 2.30. The Kier molecular flexibility index (Phi) is 3.35. The summed E-state index contributed by atoms with van der Waals surface area (Å²) in [5, 5.41) is 12.1. The van der Waals surface area contributed by atoms with Gasteiger partial charge in [-0.2, -0.15) is 0 Å². The summed E-state index contributed by atoms with van der Waals surface area (Å²) < 4.78 is 0.776. The number of rotatable bonds is 2. The van der Waals surface area contributed by atoms with Crippen molar-refractivity contribution in [1.82, 2.24) is 15.3 Å². The number of carboxylic acids is 1. The Hall–Kier alpha value is -1.21. The monoisotopic (exact) mass is 286 g/mol. The highest BCUT2D eigenvalue weighted by molar-refractivity contribution is 9.10. The summed E-state index contributed by atoms with van der Waals surface area (Å²) >= 11 is 3.24. The third-order valence-electron chi connectivity index (χ3n) is 2.39. The van der Waals surface area contributed by atoms with Crippen molar-refractivity contribution in [2.24, 2.45) is 0 Å². The van der Waals surface area contributed by atoms with Gasteiger partial charge in [-0.1, -0.05) is 0 Å². The van der Waals surface area contributed by atoms with Crippen molar-refractivity contribution >= 4 is 27.8 Å². The molecule has 0 aliphatic carbocycles. The van der Waals surface area contributed by atoms with Crippen LogP contribution in [0.3, 0.4) is 0 Å². The SMILES string of the molecule is O=C(O)C1CNCCN1c1ncc(Br)cn1. The summed E-state index contributed by atoms with van der Waals surface area (Å²) in [5.74, 6) is -0.407. The van der Waals surface area contributed by atoms with E-state index in [1.54, 1.807) is 17.3 Å². The minimum atomic E-state index is -0.862. The first-order chi connectivity index (χ1) is 7.68. The van der Waals surface area contributed by atoms with Crippen LogP contribution in [0.25, 0.3) is 0 Å². The van der Waals surface area contributed by atoms with Crippen LogP contribution < -0.4 is 10.2 Å². The molecule has 2 rings (SSSR count). The average molecular weight is 287 g/mol. The lowest BCUT2D eigenvalue weighted by atomic mass is 10.2. The van der Waals surface area contributed by atoms with Gasteiger partial charge in [-0.05, 0) is 15.9 Å². The first kappa shape index (κ1) is 11.3. The Balaban J connectivity index is 2.23. The van der Waals surface area contributed by atoms with Crippen LogP contribution in [-0.2, 0) is 4.79 Å². The fraction of sp³-hybridized carbons (Fsp3) is 0.444. The maximum Gasteiger partial charge on any atom is 0.327 e. The number of halogens is 1. The van der Waals surface area contributed by atoms with Crippen molar-refractivity contribution in [3.8, 4) is 0 Å². The van der Waals surface area contributed by atoms with Gasteiger partial charge >= 0.3 is 5.97 Å². The number of nitrogens with one attached hydrogen (secondary N) is 1. The van der Waals surface area contributed by atoms with E-state index in [-0.39, 0.29) is 0 Å². The molecule has 1 aliphatic rings. The van der Waals surface area contributed by atoms with Crippen molar-refractivity contribution in [1.29, 1.82) is 0 Å². The Morgan fingerprint density at radius 1 is 1.56 bits per heavy atom. The summed E-state index contributed by atoms with van der Waals surface area (Å²) in [6.07, 6.45) is 3.23. The van der Waals surface area contributed by atoms with Crippen molar-refractivity contribution in [3.63, 3.8) is 0 Å². The standard InChI is InChI=1S/C9H11BrN4O2/c10-6-3-12-9(13-4-6)14-2-1-11-5-7(14)8(15)16/h3-4,7,11H,1-2,5H2,(H,15,16). The molecule has 0 amide bonds. The van der Waals surface area contributed by atoms with Crippen LogP contribution in [0.15, 0.2) is 16.9 Å². The van der Waals surface area contributed by atoms with Gasteiger partial charge < -0.3 is 15.3 Å². The molecule has 7 heteroatoms. The van der Waals surface area contributed by atoms with E-state index >= 15 is 0 Å². The Morgan fingerprint density at radius 2 is 2.25 bits per heavy atom. The maximum absolute atomic E-state index is 11.1. The molecule has 6 nitrogen and oxygen atoms in total. The molecular formula is C9H11BrN4O2. The van der Waals surface area contributed by atoms with Crippen LogP contribution in [0.1, 0.15) is 0 Å². The topological polar surface area (TPSA) is 78.4 Å². The van der Waals surface area contributed by atoms with E-state index < -0.39 is 12.0 Å². The molecule has 1 aliphatic heterocycles. The summed E-state index contributed by atoms with van der Waals surface area (Å²) in [6.45, 7) is 1.75. The molecule has 0 radical (unpaired) electrons. The highest BCUT2D eigenvalue weighted by Gasteiger charge is 2.29. The van der Waals surface area contributed by atoms with Crippen LogP contribution in [-0.4, -0.2) is 46.7 Å². The minimum Gasteiger partial charge on any atom is -0.480 e. The lowest BCUT2D eigenvalue weighted by Crippen LogP contribution is -2.55. The van der Waals surface area contributed by atoms with Crippen LogP contribution in [0.5, 0.6) is 0 Å². The molecule has 16 heavy (non-hydrogen) atoms. The van der Waals surface area contributed by atoms with Crippen molar-refractivity contribution in [2.45, 2.75) is 6.04 Å². The van der Waals surface area contributed by atoms with Gasteiger partial charge in [0, 0.05) is 32.0 Å². The van der Waals surface area contributed by atoms with Gasteiger partial charge in [0.2, 0.25) is 5.95 Å². The molecule has 2 heterocycles. The van der Waals surface area contributed by atoms with Crippen molar-refractivity contribution < 1.29 is 9.90 Å². The molecule has 1 unspecified atom stereocenters. The highest BCUT2D eigenvalue weighted by atomic mass is 79.9. The van der Waals surface area contributed by atoms with E-state index in [1.165, 1.54) is 0 Å². The number of carboxylic acid groups (broad SMARTS) is 1. The smallest absolute Gasteiger partial charge is 0.327 e. The van der Waals surface area contributed by atoms with E-state index in [4.69, 9.17) is 5.11 Å². The van der Waals surface area contributed by atoms with Crippen molar-refractivity contribution in [2.75, 3.05) is 24.5 Å². The molecule has 2 N–H and O–H groups in total. The Bertz CT molecular complexity index is 384. The van der Waals surface area contributed by atoms with E-state index in [1.807, 2.05) is 0 Å². The largest absolute Gasteiger partial charge is 0.480 e. The van der Waals surface area contributed by atoms with Gasteiger partial charge in [-0.25, -0.2) is 14.8 Å². The summed E-state index contributed by atoms with van der Waals surface area (Å²) in [5.41, 5.74) is 0. The van der Waals surface area contributed by atoms with Crippen LogP contribution >= 0.6 is 15.9 Å². The molecular weight excluding hydrogens is 276 g/mol. The molecule has 0 aromatic carbocycles. The predicted octanol–water partition coefficient (Wildman–Crippen LogP) is 0.102. The molecule has 1 saturated heterocycles. The second-order valence-electron chi connectivity index (χ2n) is 3.45. The minimum absolute atomic E-state index is 0.411. The molecule has 86 valence electrons. The van der Waals surface area contributed by atoms with Gasteiger partial charge in [0.1, 0.15) is 6.04 Å². The number of hydrogen-bond donors (Lipinski definition) is 2. The second-order valence-corrected chi connectivity index (χ2v) is 4.37. The van der Waals surface area contributed by atoms with Crippen molar-refractivity contribution in [3.05, 3.63) is 16.9 Å². The van der Waals surface area contributed by atoms with Gasteiger partial charge in [-0.3, -0.25) is 0 Å². The molecule has 0 saturated carbocycles. The lowest BCUT2D eigenvalue weighted by Gasteiger charge is -2.33. The number of anilines is 1. The fourth-order valence-corrected chi connectivity index (χ4v) is 1.82. The number of hydrogen-bond acceptors (Lipinski definition) is 5. The van der Waals surface area contributed by atoms with Crippen LogP contribution in [0, 0.1) is 0 Å². The highest BCUT2D eigenvalue weighted by Crippen LogP contribution is 2.15. The quantitative estimate of drug-likeness (QED) is 0.803. The lowest BCUT2D eigenvalue weighted by molar-refractivity contribution is -0.138. The number of nitrogens with zero attached hydrogens (tertiary/aromatic N) is 3. The maximum atomic E-state index is 11.1. The van der Waals surface area contributed by atoms with E-state index in [9.17, 15) is 4.79 Å². The first-order valence-corrected chi connectivity index (χ1v) is 5.65. The molecule has 0 spiro atoms. The summed E-state index contributed by atoms with van der Waals surface area (Å²) in [6, 6.07) is -0.602. The van der Waals surface area contributed by atoms with Crippen LogP contribution in [0.2, 0.25) is 0 Å². The molecule has 1 fully saturated rings. The number of piperazine rings is 1.